The maximum atomic E-state index is 12.6. The second kappa shape index (κ2) is 5.05. The molecule has 2 fully saturated rings. The second-order valence-electron chi connectivity index (χ2n) is 8.51. The van der Waals surface area contributed by atoms with Gasteiger partial charge in [-0.25, -0.2) is 0 Å². The molecule has 1 heterocycles. The zero-order valence-corrected chi connectivity index (χ0v) is 14.9. The topological polar surface area (TPSA) is 74.5 Å². The maximum Gasteiger partial charge on any atom is 0.242 e. The second-order valence-corrected chi connectivity index (χ2v) is 8.51. The van der Waals surface area contributed by atoms with E-state index in [0.717, 1.165) is 36.8 Å². The molecule has 0 aliphatic heterocycles. The first kappa shape index (κ1) is 15.4. The average molecular weight is 342 g/mol. The van der Waals surface area contributed by atoms with E-state index >= 15 is 0 Å². The minimum Gasteiger partial charge on any atom is -0.493 e. The van der Waals surface area contributed by atoms with Crippen molar-refractivity contribution in [3.8, 4) is 11.8 Å². The number of allylic oxidation sites excluding steroid dienone is 2. The van der Waals surface area contributed by atoms with Crippen LogP contribution < -0.4 is 5.43 Å². The van der Waals surface area contributed by atoms with Gasteiger partial charge in [0, 0.05) is 28.9 Å². The van der Waals surface area contributed by atoms with Gasteiger partial charge in [0.2, 0.25) is 17.7 Å². The van der Waals surface area contributed by atoms with Crippen LogP contribution in [0.5, 0.6) is 11.8 Å². The van der Waals surface area contributed by atoms with Gasteiger partial charge in [0.05, 0.1) is 0 Å². The molecule has 3 N–H and O–H groups in total. The average Bonchev–Trinajstić information content (AvgIpc) is 3.38. The summed E-state index contributed by atoms with van der Waals surface area (Å²) in [6.07, 6.45) is 6.30. The van der Waals surface area contributed by atoms with Crippen LogP contribution in [0.15, 0.2) is 11.1 Å². The molecule has 1 aromatic heterocycles. The van der Waals surface area contributed by atoms with Crippen molar-refractivity contribution in [1.29, 1.82) is 0 Å². The third-order valence-electron chi connectivity index (χ3n) is 7.32. The van der Waals surface area contributed by atoms with Crippen molar-refractivity contribution < 1.29 is 15.0 Å². The van der Waals surface area contributed by atoms with Gasteiger partial charge in [0.25, 0.3) is 0 Å². The highest BCUT2D eigenvalue weighted by Crippen LogP contribution is 2.71. The molecule has 4 atom stereocenters. The van der Waals surface area contributed by atoms with Crippen molar-refractivity contribution in [2.24, 2.45) is 17.8 Å². The Balaban J connectivity index is 1.52. The van der Waals surface area contributed by atoms with Crippen molar-refractivity contribution >= 4 is 5.91 Å². The van der Waals surface area contributed by atoms with Crippen molar-refractivity contribution in [3.63, 3.8) is 0 Å². The molecule has 0 aromatic carbocycles. The van der Waals surface area contributed by atoms with E-state index in [-0.39, 0.29) is 35.4 Å². The first-order valence-corrected chi connectivity index (χ1v) is 9.65. The molecule has 5 nitrogen and oxygen atoms in total. The van der Waals surface area contributed by atoms with Crippen molar-refractivity contribution in [2.75, 3.05) is 5.43 Å². The number of carbonyl (C=O) groups is 1. The smallest absolute Gasteiger partial charge is 0.242 e. The summed E-state index contributed by atoms with van der Waals surface area (Å²) in [6.45, 7) is 4.30. The van der Waals surface area contributed by atoms with Crippen LogP contribution in [-0.4, -0.2) is 20.8 Å². The quantitative estimate of drug-likeness (QED) is 0.717. The predicted octanol–water partition coefficient (Wildman–Crippen LogP) is 3.72. The number of nitrogens with zero attached hydrogens (tertiary/aromatic N) is 1. The van der Waals surface area contributed by atoms with E-state index in [1.165, 1.54) is 28.7 Å². The Morgan fingerprint density at radius 1 is 0.960 bits per heavy atom. The fraction of sp³-hybridized carbons (Fsp3) is 0.650. The standard InChI is InChI=1S/C20H26N2O3/c1-9-10(2)15-13-8-12(13)14(9)16-17(15)20(25)22(19(16)24)21-18(23)11-6-4-3-5-7-11/h11-15,24-25H,3-8H2,1-2H3,(H,21,23). The Bertz CT molecular complexity index is 753. The zero-order valence-electron chi connectivity index (χ0n) is 14.9. The van der Waals surface area contributed by atoms with E-state index in [1.807, 2.05) is 0 Å². The summed E-state index contributed by atoms with van der Waals surface area (Å²) in [5, 5.41) is 21.7. The Morgan fingerprint density at radius 2 is 1.48 bits per heavy atom. The Kier molecular flexibility index (Phi) is 3.10. The minimum atomic E-state index is -0.0865. The number of rotatable bonds is 2. The van der Waals surface area contributed by atoms with Gasteiger partial charge in [-0.3, -0.25) is 10.2 Å². The van der Waals surface area contributed by atoms with Gasteiger partial charge in [-0.05, 0) is 44.9 Å². The summed E-state index contributed by atoms with van der Waals surface area (Å²) >= 11 is 0. The van der Waals surface area contributed by atoms with Crippen LogP contribution in [0.1, 0.15) is 75.3 Å². The predicted molar refractivity (Wildman–Crippen MR) is 94.2 cm³/mol. The molecule has 5 aliphatic rings. The highest BCUT2D eigenvalue weighted by atomic mass is 16.3. The van der Waals surface area contributed by atoms with E-state index in [9.17, 15) is 15.0 Å². The first-order valence-electron chi connectivity index (χ1n) is 9.65. The van der Waals surface area contributed by atoms with Gasteiger partial charge < -0.3 is 10.2 Å². The third-order valence-corrected chi connectivity index (χ3v) is 7.32. The van der Waals surface area contributed by atoms with E-state index in [4.69, 9.17) is 0 Å². The Labute approximate surface area is 147 Å². The molecule has 1 aromatic rings. The lowest BCUT2D eigenvalue weighted by atomic mass is 9.65. The molecule has 0 radical (unpaired) electrons. The summed E-state index contributed by atoms with van der Waals surface area (Å²) in [5.74, 6) is 1.54. The van der Waals surface area contributed by atoms with E-state index in [2.05, 4.69) is 19.3 Å². The molecule has 4 unspecified atom stereocenters. The van der Waals surface area contributed by atoms with Crippen LogP contribution in [0.25, 0.3) is 0 Å². The molecule has 0 saturated heterocycles. The largest absolute Gasteiger partial charge is 0.493 e. The van der Waals surface area contributed by atoms with Gasteiger partial charge >= 0.3 is 0 Å². The zero-order chi connectivity index (χ0) is 17.5. The number of aromatic hydroxyl groups is 2. The van der Waals surface area contributed by atoms with E-state index in [0.29, 0.717) is 11.8 Å². The molecule has 134 valence electrons. The van der Waals surface area contributed by atoms with E-state index < -0.39 is 0 Å². The third kappa shape index (κ3) is 1.92. The van der Waals surface area contributed by atoms with Gasteiger partial charge in [0.15, 0.2) is 0 Å². The Morgan fingerprint density at radius 3 is 2.00 bits per heavy atom. The van der Waals surface area contributed by atoms with Crippen LogP contribution in [0.3, 0.4) is 0 Å². The lowest BCUT2D eigenvalue weighted by Crippen LogP contribution is -2.30. The molecule has 0 spiro atoms. The molecular weight excluding hydrogens is 316 g/mol. The van der Waals surface area contributed by atoms with Crippen LogP contribution in [0.2, 0.25) is 0 Å². The van der Waals surface area contributed by atoms with Crippen LogP contribution in [0.4, 0.5) is 0 Å². The van der Waals surface area contributed by atoms with Gasteiger partial charge in [-0.1, -0.05) is 30.4 Å². The normalized spacial score (nSPS) is 33.2. The highest BCUT2D eigenvalue weighted by Gasteiger charge is 2.60. The summed E-state index contributed by atoms with van der Waals surface area (Å²) < 4.78 is 1.25. The van der Waals surface area contributed by atoms with Crippen LogP contribution in [0, 0.1) is 17.8 Å². The lowest BCUT2D eigenvalue weighted by molar-refractivity contribution is -0.121. The van der Waals surface area contributed by atoms with Crippen molar-refractivity contribution in [1.82, 2.24) is 4.68 Å². The summed E-state index contributed by atoms with van der Waals surface area (Å²) in [4.78, 5) is 12.6. The molecule has 5 aliphatic carbocycles. The number of hydrogen-bond acceptors (Lipinski definition) is 3. The number of aromatic nitrogens is 1. The number of carbonyl (C=O) groups excluding carboxylic acids is 1. The van der Waals surface area contributed by atoms with Gasteiger partial charge in [-0.2, -0.15) is 4.68 Å². The molecule has 5 heteroatoms. The first-order chi connectivity index (χ1) is 12.0. The summed E-state index contributed by atoms with van der Waals surface area (Å²) in [6, 6.07) is 0. The number of amides is 1. The molecule has 2 saturated carbocycles. The molecule has 6 rings (SSSR count). The van der Waals surface area contributed by atoms with Crippen LogP contribution >= 0.6 is 0 Å². The molecule has 1 amide bonds. The SMILES string of the molecule is CC1=C(C)C2c3c(c(O)n(NC(=O)C4CCCCC4)c3O)C1C1CC21. The number of hydrogen-bond donors (Lipinski definition) is 3. The fourth-order valence-electron chi connectivity index (χ4n) is 5.86. The monoisotopic (exact) mass is 342 g/mol. The van der Waals surface area contributed by atoms with Crippen LogP contribution in [-0.2, 0) is 4.79 Å². The fourth-order valence-corrected chi connectivity index (χ4v) is 5.86. The molecule has 2 bridgehead atoms. The number of nitrogens with one attached hydrogen (secondary N) is 1. The summed E-state index contributed by atoms with van der Waals surface area (Å²) in [7, 11) is 0. The maximum absolute atomic E-state index is 12.6. The van der Waals surface area contributed by atoms with Crippen molar-refractivity contribution in [2.45, 2.75) is 64.2 Å². The Hall–Kier alpha value is -1.91. The lowest BCUT2D eigenvalue weighted by Gasteiger charge is -2.37. The van der Waals surface area contributed by atoms with E-state index in [1.54, 1.807) is 0 Å². The van der Waals surface area contributed by atoms with Crippen molar-refractivity contribution in [3.05, 3.63) is 22.3 Å². The van der Waals surface area contributed by atoms with Gasteiger partial charge in [-0.15, -0.1) is 0 Å². The highest BCUT2D eigenvalue weighted by molar-refractivity contribution is 5.87. The molecule has 25 heavy (non-hydrogen) atoms. The molecular formula is C20H26N2O3. The van der Waals surface area contributed by atoms with Gasteiger partial charge in [0.1, 0.15) is 0 Å². The minimum absolute atomic E-state index is 0.0151. The summed E-state index contributed by atoms with van der Waals surface area (Å²) in [5.41, 5.74) is 7.17.